The van der Waals surface area contributed by atoms with Crippen LogP contribution >= 0.6 is 0 Å². The minimum atomic E-state index is -1.89. The number of hydrogen-bond donors (Lipinski definition) is 1. The first-order chi connectivity index (χ1) is 16.1. The summed E-state index contributed by atoms with van der Waals surface area (Å²) < 4.78 is 14.0. The SMILES string of the molecule is C=C1C[C@@H]2[C@H](/C=C/C[C@](C)(CCCC)O[Si](C)(C)CCCC)[C@@H](O[Si](C)(C)C(C)(C)C)C[C@@H]2[C@@H]1O. The lowest BCUT2D eigenvalue weighted by Gasteiger charge is -2.40. The standard InChI is InChI=1S/C30H58O3Si2/c1-12-14-18-30(7,33-34(8,9)20-15-13-2)19-16-17-24-25-21-23(3)28(31)26(25)22-27(24)32-35(10,11)29(4,5)6/h16-17,24-28,31H,3,12-15,18-22H2,1-2,4-11H3/b17-16+/t24-,25+,26-,27-,28+,30-/m0/s1. The van der Waals surface area contributed by atoms with Gasteiger partial charge in [-0.1, -0.05) is 79.0 Å². The summed E-state index contributed by atoms with van der Waals surface area (Å²) in [5.41, 5.74) is 0.923. The van der Waals surface area contributed by atoms with Gasteiger partial charge in [-0.05, 0) is 87.3 Å². The molecule has 2 rings (SSSR count). The molecular formula is C30H58O3Si2. The lowest BCUT2D eigenvalue weighted by Crippen LogP contribution is -2.45. The summed E-state index contributed by atoms with van der Waals surface area (Å²) in [7, 11) is -3.59. The van der Waals surface area contributed by atoms with Crippen LogP contribution in [0.3, 0.4) is 0 Å². The van der Waals surface area contributed by atoms with Crippen molar-refractivity contribution in [3.63, 3.8) is 0 Å². The maximum absolute atomic E-state index is 10.8. The molecule has 0 saturated heterocycles. The van der Waals surface area contributed by atoms with Gasteiger partial charge in [0.15, 0.2) is 16.6 Å². The maximum atomic E-state index is 10.8. The molecule has 0 aliphatic heterocycles. The molecular weight excluding hydrogens is 464 g/mol. The van der Waals surface area contributed by atoms with Crippen LogP contribution in [0.25, 0.3) is 0 Å². The van der Waals surface area contributed by atoms with E-state index in [4.69, 9.17) is 8.85 Å². The minimum absolute atomic E-state index is 0.0947. The van der Waals surface area contributed by atoms with Crippen molar-refractivity contribution in [3.8, 4) is 0 Å². The monoisotopic (exact) mass is 522 g/mol. The third-order valence-electron chi connectivity index (χ3n) is 9.17. The molecule has 0 heterocycles. The highest BCUT2D eigenvalue weighted by molar-refractivity contribution is 6.74. The summed E-state index contributed by atoms with van der Waals surface area (Å²) in [6, 6.07) is 1.24. The van der Waals surface area contributed by atoms with Crippen LogP contribution in [0.15, 0.2) is 24.3 Å². The molecule has 0 aromatic carbocycles. The van der Waals surface area contributed by atoms with Crippen molar-refractivity contribution in [2.75, 3.05) is 0 Å². The maximum Gasteiger partial charge on any atom is 0.192 e. The van der Waals surface area contributed by atoms with Crippen molar-refractivity contribution in [1.82, 2.24) is 0 Å². The minimum Gasteiger partial charge on any atom is -0.413 e. The van der Waals surface area contributed by atoms with Crippen molar-refractivity contribution < 1.29 is 14.0 Å². The van der Waals surface area contributed by atoms with Crippen LogP contribution in [0.5, 0.6) is 0 Å². The fourth-order valence-electron chi connectivity index (χ4n) is 6.03. The average Bonchev–Trinajstić information content (AvgIpc) is 3.19. The molecule has 0 radical (unpaired) electrons. The lowest BCUT2D eigenvalue weighted by atomic mass is 9.89. The predicted octanol–water partition coefficient (Wildman–Crippen LogP) is 8.87. The van der Waals surface area contributed by atoms with Gasteiger partial charge in [0.2, 0.25) is 0 Å². The Balaban J connectivity index is 2.22. The molecule has 2 saturated carbocycles. The van der Waals surface area contributed by atoms with Gasteiger partial charge in [0.1, 0.15) is 0 Å². The fraction of sp³-hybridized carbons (Fsp3) is 0.867. The zero-order valence-corrected chi connectivity index (χ0v) is 26.9. The molecule has 0 unspecified atom stereocenters. The van der Waals surface area contributed by atoms with E-state index in [9.17, 15) is 5.11 Å². The van der Waals surface area contributed by atoms with Gasteiger partial charge in [0.05, 0.1) is 17.8 Å². The highest BCUT2D eigenvalue weighted by atomic mass is 28.4. The van der Waals surface area contributed by atoms with Crippen molar-refractivity contribution in [1.29, 1.82) is 0 Å². The molecule has 0 aromatic heterocycles. The molecule has 0 spiro atoms. The topological polar surface area (TPSA) is 38.7 Å². The first kappa shape index (κ1) is 31.0. The normalized spacial score (nSPS) is 29.7. The number of hydrogen-bond acceptors (Lipinski definition) is 3. The van der Waals surface area contributed by atoms with Crippen LogP contribution in [-0.4, -0.2) is 39.6 Å². The van der Waals surface area contributed by atoms with Gasteiger partial charge < -0.3 is 14.0 Å². The smallest absolute Gasteiger partial charge is 0.192 e. The van der Waals surface area contributed by atoms with Crippen molar-refractivity contribution in [2.24, 2.45) is 17.8 Å². The summed E-state index contributed by atoms with van der Waals surface area (Å²) in [4.78, 5) is 0. The van der Waals surface area contributed by atoms with E-state index in [2.05, 4.69) is 86.5 Å². The van der Waals surface area contributed by atoms with Crippen molar-refractivity contribution in [3.05, 3.63) is 24.3 Å². The second-order valence-electron chi connectivity index (χ2n) is 14.0. The molecule has 2 aliphatic rings. The highest BCUT2D eigenvalue weighted by Crippen LogP contribution is 2.53. The average molecular weight is 523 g/mol. The van der Waals surface area contributed by atoms with Gasteiger partial charge in [0.25, 0.3) is 0 Å². The summed E-state index contributed by atoms with van der Waals surface area (Å²) in [6.07, 6.45) is 13.6. The Morgan fingerprint density at radius 3 is 2.23 bits per heavy atom. The van der Waals surface area contributed by atoms with E-state index in [1.165, 1.54) is 31.7 Å². The van der Waals surface area contributed by atoms with Gasteiger partial charge in [-0.25, -0.2) is 0 Å². The van der Waals surface area contributed by atoms with Crippen LogP contribution in [0.2, 0.25) is 37.3 Å². The first-order valence-electron chi connectivity index (χ1n) is 14.5. The molecule has 6 atom stereocenters. The number of rotatable bonds is 13. The Morgan fingerprint density at radius 2 is 1.66 bits per heavy atom. The van der Waals surface area contributed by atoms with Gasteiger partial charge >= 0.3 is 0 Å². The quantitative estimate of drug-likeness (QED) is 0.194. The van der Waals surface area contributed by atoms with E-state index in [1.54, 1.807) is 0 Å². The van der Waals surface area contributed by atoms with Crippen LogP contribution in [0, 0.1) is 17.8 Å². The van der Waals surface area contributed by atoms with E-state index in [0.717, 1.165) is 31.3 Å². The third kappa shape index (κ3) is 8.14. The number of fused-ring (bicyclic) bond motifs is 1. The van der Waals surface area contributed by atoms with Gasteiger partial charge in [-0.3, -0.25) is 0 Å². The Bertz CT molecular complexity index is 724. The molecule has 2 aliphatic carbocycles. The Kier molecular flexibility index (Phi) is 10.7. The van der Waals surface area contributed by atoms with E-state index >= 15 is 0 Å². The molecule has 204 valence electrons. The van der Waals surface area contributed by atoms with Crippen LogP contribution < -0.4 is 0 Å². The summed E-state index contributed by atoms with van der Waals surface area (Å²) >= 11 is 0. The van der Waals surface area contributed by atoms with Crippen LogP contribution in [0.4, 0.5) is 0 Å². The zero-order valence-electron chi connectivity index (χ0n) is 24.9. The van der Waals surface area contributed by atoms with Gasteiger partial charge in [-0.2, -0.15) is 0 Å². The predicted molar refractivity (Wildman–Crippen MR) is 157 cm³/mol. The zero-order chi connectivity index (χ0) is 26.7. The van der Waals surface area contributed by atoms with Gasteiger partial charge in [-0.15, -0.1) is 0 Å². The fourth-order valence-corrected chi connectivity index (χ4v) is 10.2. The van der Waals surface area contributed by atoms with Gasteiger partial charge in [0, 0.05) is 5.92 Å². The number of aliphatic hydroxyl groups excluding tert-OH is 1. The van der Waals surface area contributed by atoms with Crippen molar-refractivity contribution in [2.45, 2.75) is 148 Å². The van der Waals surface area contributed by atoms with Crippen LogP contribution in [0.1, 0.15) is 92.9 Å². The number of unbranched alkanes of at least 4 members (excludes halogenated alkanes) is 2. The van der Waals surface area contributed by atoms with E-state index < -0.39 is 16.6 Å². The van der Waals surface area contributed by atoms with Crippen molar-refractivity contribution >= 4 is 16.6 Å². The Morgan fingerprint density at radius 1 is 1.03 bits per heavy atom. The summed E-state index contributed by atoms with van der Waals surface area (Å²) in [5.74, 6) is 1.08. The first-order valence-corrected chi connectivity index (χ1v) is 20.5. The second kappa shape index (κ2) is 12.1. The summed E-state index contributed by atoms with van der Waals surface area (Å²) in [5, 5.41) is 11.0. The Labute approximate surface area is 220 Å². The number of aliphatic hydroxyl groups is 1. The summed E-state index contributed by atoms with van der Waals surface area (Å²) in [6.45, 7) is 27.5. The molecule has 2 fully saturated rings. The lowest BCUT2D eigenvalue weighted by molar-refractivity contribution is 0.0690. The van der Waals surface area contributed by atoms with Crippen LogP contribution in [-0.2, 0) is 8.85 Å². The molecule has 5 heteroatoms. The third-order valence-corrected chi connectivity index (χ3v) is 16.3. The highest BCUT2D eigenvalue weighted by Gasteiger charge is 2.52. The van der Waals surface area contributed by atoms with E-state index in [0.29, 0.717) is 11.8 Å². The molecule has 0 amide bonds. The second-order valence-corrected chi connectivity index (χ2v) is 23.0. The molecule has 35 heavy (non-hydrogen) atoms. The Hall–Kier alpha value is -0.206. The van der Waals surface area contributed by atoms with E-state index in [1.807, 2.05) is 0 Å². The largest absolute Gasteiger partial charge is 0.413 e. The molecule has 0 aromatic rings. The molecule has 3 nitrogen and oxygen atoms in total. The molecule has 0 bridgehead atoms. The molecule has 1 N–H and O–H groups in total. The van der Waals surface area contributed by atoms with E-state index in [-0.39, 0.29) is 28.8 Å².